The molecule has 20 heavy (non-hydrogen) atoms. The van der Waals surface area contributed by atoms with E-state index in [4.69, 9.17) is 4.74 Å². The number of nitrogens with zero attached hydrogens (tertiary/aromatic N) is 3. The number of rotatable bonds is 5. The predicted octanol–water partition coefficient (Wildman–Crippen LogP) is 2.83. The summed E-state index contributed by atoms with van der Waals surface area (Å²) >= 11 is 3.42. The second-order valence-corrected chi connectivity index (χ2v) is 5.87. The quantitative estimate of drug-likeness (QED) is 0.912. The molecule has 1 saturated heterocycles. The van der Waals surface area contributed by atoms with Crippen LogP contribution in [-0.2, 0) is 17.8 Å². The van der Waals surface area contributed by atoms with E-state index in [1.807, 2.05) is 23.3 Å². The highest BCUT2D eigenvalue weighted by molar-refractivity contribution is 9.10. The summed E-state index contributed by atoms with van der Waals surface area (Å²) in [5.74, 6) is 0. The Labute approximate surface area is 126 Å². The van der Waals surface area contributed by atoms with Crippen molar-refractivity contribution in [2.75, 3.05) is 11.9 Å². The minimum atomic E-state index is 0.317. The van der Waals surface area contributed by atoms with E-state index in [0.29, 0.717) is 6.10 Å². The van der Waals surface area contributed by atoms with Crippen LogP contribution in [-0.4, -0.2) is 27.5 Å². The largest absolute Gasteiger partial charge is 0.378 e. The summed E-state index contributed by atoms with van der Waals surface area (Å²) in [4.78, 5) is 4.15. The number of halogens is 1. The number of anilines is 1. The molecule has 0 radical (unpaired) electrons. The lowest BCUT2D eigenvalue weighted by Crippen LogP contribution is -2.15. The first-order chi connectivity index (χ1) is 9.79. The monoisotopic (exact) mass is 336 g/mol. The average molecular weight is 337 g/mol. The minimum absolute atomic E-state index is 0.317. The van der Waals surface area contributed by atoms with Crippen LogP contribution in [0.1, 0.15) is 18.4 Å². The van der Waals surface area contributed by atoms with E-state index >= 15 is 0 Å². The van der Waals surface area contributed by atoms with Gasteiger partial charge in [-0.1, -0.05) is 0 Å². The Bertz CT molecular complexity index is 566. The van der Waals surface area contributed by atoms with Crippen molar-refractivity contribution in [1.82, 2.24) is 14.8 Å². The van der Waals surface area contributed by atoms with Gasteiger partial charge in [-0.15, -0.1) is 0 Å². The molecule has 1 aliphatic heterocycles. The summed E-state index contributed by atoms with van der Waals surface area (Å²) in [7, 11) is 0. The molecule has 6 heteroatoms. The number of pyridine rings is 1. The first-order valence-electron chi connectivity index (χ1n) is 6.77. The summed E-state index contributed by atoms with van der Waals surface area (Å²) in [6, 6.07) is 2.05. The summed E-state index contributed by atoms with van der Waals surface area (Å²) in [6.45, 7) is 2.45. The number of hydrogen-bond donors (Lipinski definition) is 1. The van der Waals surface area contributed by atoms with Gasteiger partial charge >= 0.3 is 0 Å². The first-order valence-corrected chi connectivity index (χ1v) is 7.56. The fourth-order valence-corrected chi connectivity index (χ4v) is 2.72. The molecule has 0 saturated carbocycles. The molecule has 1 N–H and O–H groups in total. The molecule has 0 bridgehead atoms. The van der Waals surface area contributed by atoms with Gasteiger partial charge in [-0.3, -0.25) is 9.67 Å². The predicted molar refractivity (Wildman–Crippen MR) is 80.5 cm³/mol. The van der Waals surface area contributed by atoms with Crippen LogP contribution in [0, 0.1) is 0 Å². The molecule has 0 spiro atoms. The maximum Gasteiger partial charge on any atom is 0.0771 e. The lowest BCUT2D eigenvalue weighted by atomic mass is 10.2. The fraction of sp³-hybridized carbons (Fsp3) is 0.429. The molecule has 0 amide bonds. The molecule has 3 rings (SSSR count). The zero-order valence-corrected chi connectivity index (χ0v) is 12.7. The highest BCUT2D eigenvalue weighted by Crippen LogP contribution is 2.16. The summed E-state index contributed by atoms with van der Waals surface area (Å²) in [5, 5.41) is 7.71. The van der Waals surface area contributed by atoms with Gasteiger partial charge < -0.3 is 10.1 Å². The van der Waals surface area contributed by atoms with E-state index in [0.717, 1.165) is 48.3 Å². The SMILES string of the molecule is Brc1cncc(CNc2cnn(CC3CCCO3)c2)c1. The van der Waals surface area contributed by atoms with E-state index < -0.39 is 0 Å². The van der Waals surface area contributed by atoms with Crippen LogP contribution < -0.4 is 5.32 Å². The Kier molecular flexibility index (Phi) is 4.32. The van der Waals surface area contributed by atoms with Crippen molar-refractivity contribution in [2.45, 2.75) is 32.0 Å². The number of ether oxygens (including phenoxy) is 1. The Balaban J connectivity index is 1.54. The van der Waals surface area contributed by atoms with Crippen molar-refractivity contribution >= 4 is 21.6 Å². The molecule has 2 aromatic heterocycles. The van der Waals surface area contributed by atoms with E-state index in [1.165, 1.54) is 0 Å². The Hall–Kier alpha value is -1.40. The zero-order valence-electron chi connectivity index (χ0n) is 11.1. The van der Waals surface area contributed by atoms with Crippen LogP contribution in [0.4, 0.5) is 5.69 Å². The van der Waals surface area contributed by atoms with Gasteiger partial charge in [-0.2, -0.15) is 5.10 Å². The summed E-state index contributed by atoms with van der Waals surface area (Å²) in [6.07, 6.45) is 10.1. The third-order valence-corrected chi connectivity index (χ3v) is 3.74. The molecule has 106 valence electrons. The highest BCUT2D eigenvalue weighted by Gasteiger charge is 2.16. The molecule has 1 fully saturated rings. The van der Waals surface area contributed by atoms with Crippen molar-refractivity contribution in [2.24, 2.45) is 0 Å². The smallest absolute Gasteiger partial charge is 0.0771 e. The molecule has 5 nitrogen and oxygen atoms in total. The number of aromatic nitrogens is 3. The zero-order chi connectivity index (χ0) is 13.8. The second-order valence-electron chi connectivity index (χ2n) is 4.95. The first kappa shape index (κ1) is 13.6. The van der Waals surface area contributed by atoms with Crippen LogP contribution in [0.15, 0.2) is 35.3 Å². The van der Waals surface area contributed by atoms with Crippen molar-refractivity contribution in [3.63, 3.8) is 0 Å². The van der Waals surface area contributed by atoms with Gasteiger partial charge in [0.25, 0.3) is 0 Å². The standard InChI is InChI=1S/C14H17BrN4O/c15-12-4-11(5-16-7-12)6-17-13-8-18-19(9-13)10-14-2-1-3-20-14/h4-5,7-9,14,17H,1-3,6,10H2. The molecular formula is C14H17BrN4O. The Morgan fingerprint density at radius 1 is 1.40 bits per heavy atom. The van der Waals surface area contributed by atoms with Gasteiger partial charge in [0.2, 0.25) is 0 Å². The summed E-state index contributed by atoms with van der Waals surface area (Å²) < 4.78 is 8.55. The normalized spacial score (nSPS) is 18.4. The van der Waals surface area contributed by atoms with Gasteiger partial charge in [0, 0.05) is 36.2 Å². The van der Waals surface area contributed by atoms with Gasteiger partial charge in [0.05, 0.1) is 24.5 Å². The van der Waals surface area contributed by atoms with E-state index in [2.05, 4.69) is 37.4 Å². The maximum absolute atomic E-state index is 5.61. The van der Waals surface area contributed by atoms with Crippen LogP contribution in [0.2, 0.25) is 0 Å². The van der Waals surface area contributed by atoms with Crippen molar-refractivity contribution < 1.29 is 4.74 Å². The van der Waals surface area contributed by atoms with E-state index in [1.54, 1.807) is 6.20 Å². The lowest BCUT2D eigenvalue weighted by molar-refractivity contribution is 0.0940. The van der Waals surface area contributed by atoms with Crippen LogP contribution >= 0.6 is 15.9 Å². The maximum atomic E-state index is 5.61. The lowest BCUT2D eigenvalue weighted by Gasteiger charge is -2.08. The van der Waals surface area contributed by atoms with E-state index in [9.17, 15) is 0 Å². The summed E-state index contributed by atoms with van der Waals surface area (Å²) in [5.41, 5.74) is 2.15. The molecular weight excluding hydrogens is 320 g/mol. The molecule has 0 aromatic carbocycles. The topological polar surface area (TPSA) is 52.0 Å². The Morgan fingerprint density at radius 3 is 3.15 bits per heavy atom. The van der Waals surface area contributed by atoms with Crippen molar-refractivity contribution in [1.29, 1.82) is 0 Å². The molecule has 2 aromatic rings. The second kappa shape index (κ2) is 6.37. The third kappa shape index (κ3) is 3.58. The van der Waals surface area contributed by atoms with Crippen molar-refractivity contribution in [3.05, 3.63) is 40.9 Å². The average Bonchev–Trinajstić information content (AvgIpc) is 3.09. The molecule has 3 heterocycles. The number of hydrogen-bond acceptors (Lipinski definition) is 4. The van der Waals surface area contributed by atoms with Crippen LogP contribution in [0.25, 0.3) is 0 Å². The Morgan fingerprint density at radius 2 is 2.35 bits per heavy atom. The van der Waals surface area contributed by atoms with E-state index in [-0.39, 0.29) is 0 Å². The van der Waals surface area contributed by atoms with Gasteiger partial charge in [0.1, 0.15) is 0 Å². The molecule has 1 unspecified atom stereocenters. The van der Waals surface area contributed by atoms with Crippen LogP contribution in [0.3, 0.4) is 0 Å². The molecule has 0 aliphatic carbocycles. The molecule has 1 atom stereocenters. The fourth-order valence-electron chi connectivity index (χ4n) is 2.31. The van der Waals surface area contributed by atoms with Gasteiger partial charge in [-0.05, 0) is 40.4 Å². The minimum Gasteiger partial charge on any atom is -0.378 e. The highest BCUT2D eigenvalue weighted by atomic mass is 79.9. The van der Waals surface area contributed by atoms with Crippen LogP contribution in [0.5, 0.6) is 0 Å². The van der Waals surface area contributed by atoms with Gasteiger partial charge in [0.15, 0.2) is 0 Å². The van der Waals surface area contributed by atoms with Crippen molar-refractivity contribution in [3.8, 4) is 0 Å². The third-order valence-electron chi connectivity index (χ3n) is 3.31. The number of nitrogens with one attached hydrogen (secondary N) is 1. The van der Waals surface area contributed by atoms with Gasteiger partial charge in [-0.25, -0.2) is 0 Å². The molecule has 1 aliphatic rings.